The van der Waals surface area contributed by atoms with Crippen LogP contribution in [0.5, 0.6) is 23.0 Å². The highest BCUT2D eigenvalue weighted by Crippen LogP contribution is 2.48. The van der Waals surface area contributed by atoms with Crippen molar-refractivity contribution in [2.75, 3.05) is 11.5 Å². The second kappa shape index (κ2) is 11.6. The summed E-state index contributed by atoms with van der Waals surface area (Å²) in [7, 11) is 0. The van der Waals surface area contributed by atoms with Crippen molar-refractivity contribution in [3.63, 3.8) is 0 Å². The summed E-state index contributed by atoms with van der Waals surface area (Å²) < 4.78 is 12.2. The SMILES string of the molecule is CCCCC1CCC(c2ccc(Oc3cccc(N)c3)cc2)(c2ccc(Oc3cccc(N)c3)cc2)CC1. The van der Waals surface area contributed by atoms with E-state index < -0.39 is 0 Å². The molecule has 0 bridgehead atoms. The summed E-state index contributed by atoms with van der Waals surface area (Å²) >= 11 is 0. The Morgan fingerprint density at radius 3 is 1.55 bits per heavy atom. The van der Waals surface area contributed by atoms with E-state index in [2.05, 4.69) is 55.5 Å². The number of nitrogens with two attached hydrogens (primary N) is 2. The zero-order valence-electron chi connectivity index (χ0n) is 22.2. The lowest BCUT2D eigenvalue weighted by atomic mass is 9.62. The Balaban J connectivity index is 1.39. The van der Waals surface area contributed by atoms with E-state index in [-0.39, 0.29) is 5.41 Å². The van der Waals surface area contributed by atoms with Gasteiger partial charge in [0.15, 0.2) is 0 Å². The molecule has 4 nitrogen and oxygen atoms in total. The van der Waals surface area contributed by atoms with Gasteiger partial charge in [-0.05, 0) is 91.3 Å². The van der Waals surface area contributed by atoms with E-state index >= 15 is 0 Å². The topological polar surface area (TPSA) is 70.5 Å². The van der Waals surface area contributed by atoms with Crippen LogP contribution in [0.15, 0.2) is 97.1 Å². The van der Waals surface area contributed by atoms with Crippen molar-refractivity contribution in [3.8, 4) is 23.0 Å². The molecule has 4 aromatic carbocycles. The maximum atomic E-state index is 6.08. The predicted octanol–water partition coefficient (Wildman–Crippen LogP) is 9.10. The molecule has 1 saturated carbocycles. The van der Waals surface area contributed by atoms with Gasteiger partial charge in [-0.3, -0.25) is 0 Å². The van der Waals surface area contributed by atoms with Crippen LogP contribution in [0.3, 0.4) is 0 Å². The zero-order valence-corrected chi connectivity index (χ0v) is 22.2. The van der Waals surface area contributed by atoms with Gasteiger partial charge in [0.05, 0.1) is 0 Å². The quantitative estimate of drug-likeness (QED) is 0.222. The number of unbranched alkanes of at least 4 members (excludes halogenated alkanes) is 1. The van der Waals surface area contributed by atoms with Crippen molar-refractivity contribution >= 4 is 11.4 Å². The molecule has 5 rings (SSSR count). The molecule has 0 heterocycles. The number of nitrogen functional groups attached to an aromatic ring is 2. The average Bonchev–Trinajstić information content (AvgIpc) is 2.93. The molecule has 0 radical (unpaired) electrons. The van der Waals surface area contributed by atoms with Gasteiger partial charge in [0.2, 0.25) is 0 Å². The molecule has 1 fully saturated rings. The smallest absolute Gasteiger partial charge is 0.129 e. The first-order valence-electron chi connectivity index (χ1n) is 13.8. The molecule has 0 aliphatic heterocycles. The minimum atomic E-state index is -0.0197. The number of anilines is 2. The second-order valence-corrected chi connectivity index (χ2v) is 10.6. The summed E-state index contributed by atoms with van der Waals surface area (Å²) in [4.78, 5) is 0. The predicted molar refractivity (Wildman–Crippen MR) is 157 cm³/mol. The molecule has 0 unspecified atom stereocenters. The van der Waals surface area contributed by atoms with Crippen LogP contribution in [-0.4, -0.2) is 0 Å². The molecule has 1 aliphatic rings. The molecule has 0 atom stereocenters. The molecule has 0 spiro atoms. The van der Waals surface area contributed by atoms with E-state index in [0.29, 0.717) is 11.4 Å². The Labute approximate surface area is 226 Å². The highest BCUT2D eigenvalue weighted by molar-refractivity contribution is 5.48. The minimum Gasteiger partial charge on any atom is -0.457 e. The summed E-state index contributed by atoms with van der Waals surface area (Å²) in [5.41, 5.74) is 15.9. The third-order valence-electron chi connectivity index (χ3n) is 7.93. The Morgan fingerprint density at radius 2 is 1.13 bits per heavy atom. The minimum absolute atomic E-state index is 0.0197. The van der Waals surface area contributed by atoms with Crippen molar-refractivity contribution in [1.82, 2.24) is 0 Å². The molecular weight excluding hydrogens is 468 g/mol. The van der Waals surface area contributed by atoms with Crippen LogP contribution in [0.25, 0.3) is 0 Å². The maximum Gasteiger partial charge on any atom is 0.129 e. The largest absolute Gasteiger partial charge is 0.457 e. The van der Waals surface area contributed by atoms with Crippen molar-refractivity contribution < 1.29 is 9.47 Å². The Kier molecular flexibility index (Phi) is 7.88. The van der Waals surface area contributed by atoms with Gasteiger partial charge in [-0.1, -0.05) is 62.6 Å². The number of hydrogen-bond acceptors (Lipinski definition) is 4. The molecule has 0 saturated heterocycles. The van der Waals surface area contributed by atoms with E-state index in [1.807, 2.05) is 48.5 Å². The van der Waals surface area contributed by atoms with Crippen LogP contribution >= 0.6 is 0 Å². The van der Waals surface area contributed by atoms with Crippen molar-refractivity contribution in [2.45, 2.75) is 57.3 Å². The molecule has 4 aromatic rings. The first kappa shape index (κ1) is 25.7. The number of rotatable bonds is 9. The van der Waals surface area contributed by atoms with Gasteiger partial charge < -0.3 is 20.9 Å². The zero-order chi connectivity index (χ0) is 26.4. The molecule has 0 aromatic heterocycles. The Bertz CT molecular complexity index is 1230. The molecule has 4 heteroatoms. The lowest BCUT2D eigenvalue weighted by molar-refractivity contribution is 0.251. The lowest BCUT2D eigenvalue weighted by Gasteiger charge is -2.41. The van der Waals surface area contributed by atoms with Crippen LogP contribution < -0.4 is 20.9 Å². The summed E-state index contributed by atoms with van der Waals surface area (Å²) in [6.45, 7) is 2.29. The summed E-state index contributed by atoms with van der Waals surface area (Å²) in [5, 5.41) is 0. The molecule has 0 amide bonds. The fraction of sp³-hybridized carbons (Fsp3) is 0.294. The number of ether oxygens (including phenoxy) is 2. The standard InChI is InChI=1S/C34H38N2O2/c1-2-3-6-25-19-21-34(22-20-25,26-11-15-30(16-12-26)37-32-9-4-7-28(35)23-32)27-13-17-31(18-14-27)38-33-10-5-8-29(36)24-33/h4-5,7-18,23-25H,2-3,6,19-22,35-36H2,1H3. The Hall–Kier alpha value is -3.92. The van der Waals surface area contributed by atoms with Crippen LogP contribution in [-0.2, 0) is 5.41 Å². The Morgan fingerprint density at radius 1 is 0.658 bits per heavy atom. The van der Waals surface area contributed by atoms with Crippen LogP contribution in [0.2, 0.25) is 0 Å². The van der Waals surface area contributed by atoms with Crippen LogP contribution in [0.4, 0.5) is 11.4 Å². The third kappa shape index (κ3) is 5.96. The summed E-state index contributed by atoms with van der Waals surface area (Å²) in [5.74, 6) is 3.95. The van der Waals surface area contributed by atoms with E-state index in [0.717, 1.165) is 41.8 Å². The summed E-state index contributed by atoms with van der Waals surface area (Å²) in [6.07, 6.45) is 8.73. The van der Waals surface area contributed by atoms with E-state index in [9.17, 15) is 0 Å². The summed E-state index contributed by atoms with van der Waals surface area (Å²) in [6, 6.07) is 32.4. The molecule has 196 valence electrons. The van der Waals surface area contributed by atoms with Gasteiger partial charge in [-0.2, -0.15) is 0 Å². The average molecular weight is 507 g/mol. The maximum absolute atomic E-state index is 6.08. The van der Waals surface area contributed by atoms with Crippen molar-refractivity contribution in [3.05, 3.63) is 108 Å². The molecule has 4 N–H and O–H groups in total. The van der Waals surface area contributed by atoms with Crippen LogP contribution in [0, 0.1) is 5.92 Å². The van der Waals surface area contributed by atoms with Gasteiger partial charge in [0.25, 0.3) is 0 Å². The molecular formula is C34H38N2O2. The van der Waals surface area contributed by atoms with Gasteiger partial charge in [0, 0.05) is 28.9 Å². The normalized spacial score (nSPS) is 15.2. The highest BCUT2D eigenvalue weighted by atomic mass is 16.5. The van der Waals surface area contributed by atoms with E-state index in [1.165, 1.54) is 43.2 Å². The first-order valence-corrected chi connectivity index (χ1v) is 13.8. The van der Waals surface area contributed by atoms with Gasteiger partial charge in [0.1, 0.15) is 23.0 Å². The van der Waals surface area contributed by atoms with E-state index in [4.69, 9.17) is 20.9 Å². The number of hydrogen-bond donors (Lipinski definition) is 2. The highest BCUT2D eigenvalue weighted by Gasteiger charge is 2.38. The van der Waals surface area contributed by atoms with Crippen molar-refractivity contribution in [1.29, 1.82) is 0 Å². The fourth-order valence-electron chi connectivity index (χ4n) is 5.81. The third-order valence-corrected chi connectivity index (χ3v) is 7.93. The number of benzene rings is 4. The van der Waals surface area contributed by atoms with Gasteiger partial charge in [-0.15, -0.1) is 0 Å². The second-order valence-electron chi connectivity index (χ2n) is 10.6. The fourth-order valence-corrected chi connectivity index (χ4v) is 5.81. The van der Waals surface area contributed by atoms with Crippen LogP contribution in [0.1, 0.15) is 63.0 Å². The lowest BCUT2D eigenvalue weighted by Crippen LogP contribution is -2.33. The van der Waals surface area contributed by atoms with Gasteiger partial charge >= 0.3 is 0 Å². The van der Waals surface area contributed by atoms with Crippen molar-refractivity contribution in [2.24, 2.45) is 5.92 Å². The molecule has 1 aliphatic carbocycles. The van der Waals surface area contributed by atoms with E-state index in [1.54, 1.807) is 0 Å². The molecule has 38 heavy (non-hydrogen) atoms. The first-order chi connectivity index (χ1) is 18.5. The van der Waals surface area contributed by atoms with Gasteiger partial charge in [-0.25, -0.2) is 0 Å². The monoisotopic (exact) mass is 506 g/mol.